The van der Waals surface area contributed by atoms with E-state index in [1.807, 2.05) is 20.8 Å². The first-order chi connectivity index (χ1) is 8.79. The van der Waals surface area contributed by atoms with Gasteiger partial charge >= 0.3 is 0 Å². The SMILES string of the molecule is CC(C)(C)c1cc(NS(=O)(=O)C2CCOCC2)n[nH]1. The molecule has 19 heavy (non-hydrogen) atoms. The minimum absolute atomic E-state index is 0.0879. The Kier molecular flexibility index (Phi) is 3.87. The number of anilines is 1. The molecule has 1 aromatic heterocycles. The molecule has 1 saturated heterocycles. The predicted octanol–water partition coefficient (Wildman–Crippen LogP) is 1.63. The summed E-state index contributed by atoms with van der Waals surface area (Å²) in [5, 5.41) is 6.49. The van der Waals surface area contributed by atoms with E-state index in [0.29, 0.717) is 31.9 Å². The highest BCUT2D eigenvalue weighted by atomic mass is 32.2. The molecule has 2 heterocycles. The number of nitrogens with zero attached hydrogens (tertiary/aromatic N) is 1. The lowest BCUT2D eigenvalue weighted by Crippen LogP contribution is -2.33. The number of H-pyrrole nitrogens is 1. The van der Waals surface area contributed by atoms with Crippen LogP contribution in [0.3, 0.4) is 0 Å². The fourth-order valence-electron chi connectivity index (χ4n) is 1.97. The maximum atomic E-state index is 12.2. The van der Waals surface area contributed by atoms with Gasteiger partial charge in [-0.3, -0.25) is 9.82 Å². The Morgan fingerprint density at radius 3 is 2.53 bits per heavy atom. The van der Waals surface area contributed by atoms with Crippen LogP contribution in [0.2, 0.25) is 0 Å². The molecule has 6 nitrogen and oxygen atoms in total. The van der Waals surface area contributed by atoms with E-state index in [0.717, 1.165) is 5.69 Å². The molecule has 0 atom stereocenters. The summed E-state index contributed by atoms with van der Waals surface area (Å²) in [5.74, 6) is 0.358. The van der Waals surface area contributed by atoms with Gasteiger partial charge in [0, 0.05) is 30.4 Å². The Balaban J connectivity index is 2.09. The number of rotatable bonds is 3. The number of nitrogens with one attached hydrogen (secondary N) is 2. The zero-order chi connectivity index (χ0) is 14.1. The van der Waals surface area contributed by atoms with Crippen LogP contribution in [-0.4, -0.2) is 37.1 Å². The standard InChI is InChI=1S/C12H21N3O3S/c1-12(2,3)10-8-11(14-13-10)15-19(16,17)9-4-6-18-7-5-9/h8-9H,4-7H2,1-3H3,(H2,13,14,15). The normalized spacial score (nSPS) is 18.5. The van der Waals surface area contributed by atoms with Crippen LogP contribution >= 0.6 is 0 Å². The van der Waals surface area contributed by atoms with Gasteiger partial charge in [-0.05, 0) is 12.8 Å². The molecular formula is C12H21N3O3S. The number of ether oxygens (including phenoxy) is 1. The summed E-state index contributed by atoms with van der Waals surface area (Å²) < 4.78 is 32.1. The van der Waals surface area contributed by atoms with Gasteiger partial charge in [-0.15, -0.1) is 0 Å². The van der Waals surface area contributed by atoms with Gasteiger partial charge in [0.25, 0.3) is 0 Å². The second-order valence-corrected chi connectivity index (χ2v) is 7.84. The number of hydrogen-bond donors (Lipinski definition) is 2. The summed E-state index contributed by atoms with van der Waals surface area (Å²) in [6.07, 6.45) is 1.07. The van der Waals surface area contributed by atoms with E-state index < -0.39 is 15.3 Å². The highest BCUT2D eigenvalue weighted by molar-refractivity contribution is 7.93. The quantitative estimate of drug-likeness (QED) is 0.885. The smallest absolute Gasteiger partial charge is 0.236 e. The lowest BCUT2D eigenvalue weighted by Gasteiger charge is -2.22. The number of hydrogen-bond acceptors (Lipinski definition) is 4. The van der Waals surface area contributed by atoms with Crippen molar-refractivity contribution in [1.29, 1.82) is 0 Å². The molecule has 1 aliphatic rings. The summed E-state index contributed by atoms with van der Waals surface area (Å²) in [6.45, 7) is 7.12. The molecule has 108 valence electrons. The van der Waals surface area contributed by atoms with Gasteiger partial charge in [0.05, 0.1) is 5.25 Å². The largest absolute Gasteiger partial charge is 0.381 e. The van der Waals surface area contributed by atoms with E-state index in [2.05, 4.69) is 14.9 Å². The third-order valence-electron chi connectivity index (χ3n) is 3.24. The summed E-state index contributed by atoms with van der Waals surface area (Å²) in [5.41, 5.74) is 0.812. The molecule has 1 fully saturated rings. The Labute approximate surface area is 114 Å². The van der Waals surface area contributed by atoms with Crippen molar-refractivity contribution in [3.8, 4) is 0 Å². The van der Waals surface area contributed by atoms with E-state index in [-0.39, 0.29) is 5.41 Å². The first kappa shape index (κ1) is 14.3. The van der Waals surface area contributed by atoms with Crippen LogP contribution in [-0.2, 0) is 20.2 Å². The Morgan fingerprint density at radius 1 is 1.37 bits per heavy atom. The second-order valence-electron chi connectivity index (χ2n) is 5.88. The minimum Gasteiger partial charge on any atom is -0.381 e. The maximum absolute atomic E-state index is 12.2. The molecule has 7 heteroatoms. The van der Waals surface area contributed by atoms with Crippen LogP contribution in [0.5, 0.6) is 0 Å². The summed E-state index contributed by atoms with van der Waals surface area (Å²) in [4.78, 5) is 0. The fraction of sp³-hybridized carbons (Fsp3) is 0.750. The lowest BCUT2D eigenvalue weighted by atomic mass is 9.92. The number of sulfonamides is 1. The first-order valence-electron chi connectivity index (χ1n) is 6.44. The van der Waals surface area contributed by atoms with Crippen LogP contribution in [0.15, 0.2) is 6.07 Å². The van der Waals surface area contributed by atoms with Gasteiger partial charge in [0.2, 0.25) is 10.0 Å². The van der Waals surface area contributed by atoms with Crippen molar-refractivity contribution in [1.82, 2.24) is 10.2 Å². The average molecular weight is 287 g/mol. The van der Waals surface area contributed by atoms with Crippen LogP contribution < -0.4 is 4.72 Å². The minimum atomic E-state index is -3.38. The maximum Gasteiger partial charge on any atom is 0.236 e. The third kappa shape index (κ3) is 3.48. The molecule has 1 aromatic rings. The molecule has 2 N–H and O–H groups in total. The Hall–Kier alpha value is -1.08. The van der Waals surface area contributed by atoms with E-state index >= 15 is 0 Å². The Bertz CT molecular complexity index is 525. The predicted molar refractivity (Wildman–Crippen MR) is 73.7 cm³/mol. The highest BCUT2D eigenvalue weighted by Crippen LogP contribution is 2.24. The lowest BCUT2D eigenvalue weighted by molar-refractivity contribution is 0.0984. The Morgan fingerprint density at radius 2 is 2.00 bits per heavy atom. The monoisotopic (exact) mass is 287 g/mol. The van der Waals surface area contributed by atoms with Gasteiger partial charge in [-0.2, -0.15) is 5.10 Å². The van der Waals surface area contributed by atoms with Crippen molar-refractivity contribution < 1.29 is 13.2 Å². The molecule has 0 bridgehead atoms. The van der Waals surface area contributed by atoms with Gasteiger partial charge in [-0.25, -0.2) is 8.42 Å². The van der Waals surface area contributed by atoms with Crippen molar-refractivity contribution >= 4 is 15.8 Å². The van der Waals surface area contributed by atoms with E-state index in [9.17, 15) is 8.42 Å². The fourth-order valence-corrected chi connectivity index (χ4v) is 3.35. The van der Waals surface area contributed by atoms with Crippen molar-refractivity contribution in [2.24, 2.45) is 0 Å². The number of aromatic nitrogens is 2. The molecule has 0 amide bonds. The molecule has 0 saturated carbocycles. The van der Waals surface area contributed by atoms with Crippen LogP contribution in [0, 0.1) is 0 Å². The molecule has 2 rings (SSSR count). The van der Waals surface area contributed by atoms with E-state index in [4.69, 9.17) is 4.74 Å². The molecule has 1 aliphatic heterocycles. The van der Waals surface area contributed by atoms with Gasteiger partial charge < -0.3 is 4.74 Å². The molecular weight excluding hydrogens is 266 g/mol. The average Bonchev–Trinajstić information content (AvgIpc) is 2.78. The van der Waals surface area contributed by atoms with E-state index in [1.54, 1.807) is 6.07 Å². The topological polar surface area (TPSA) is 84.1 Å². The highest BCUT2D eigenvalue weighted by Gasteiger charge is 2.28. The molecule has 0 spiro atoms. The van der Waals surface area contributed by atoms with E-state index in [1.165, 1.54) is 0 Å². The zero-order valence-corrected chi connectivity index (χ0v) is 12.4. The molecule has 0 aromatic carbocycles. The van der Waals surface area contributed by atoms with Crippen LogP contribution in [0.4, 0.5) is 5.82 Å². The van der Waals surface area contributed by atoms with Crippen molar-refractivity contribution in [3.63, 3.8) is 0 Å². The van der Waals surface area contributed by atoms with Crippen LogP contribution in [0.25, 0.3) is 0 Å². The zero-order valence-electron chi connectivity index (χ0n) is 11.6. The van der Waals surface area contributed by atoms with Gasteiger partial charge in [0.1, 0.15) is 0 Å². The van der Waals surface area contributed by atoms with Gasteiger partial charge in [-0.1, -0.05) is 20.8 Å². The van der Waals surface area contributed by atoms with Crippen molar-refractivity contribution in [2.45, 2.75) is 44.3 Å². The summed E-state index contributed by atoms with van der Waals surface area (Å²) >= 11 is 0. The summed E-state index contributed by atoms with van der Waals surface area (Å²) in [7, 11) is -3.38. The van der Waals surface area contributed by atoms with Crippen molar-refractivity contribution in [3.05, 3.63) is 11.8 Å². The number of aromatic amines is 1. The second kappa shape index (κ2) is 5.13. The molecule has 0 radical (unpaired) electrons. The first-order valence-corrected chi connectivity index (χ1v) is 7.99. The van der Waals surface area contributed by atoms with Crippen LogP contribution in [0.1, 0.15) is 39.3 Å². The summed E-state index contributed by atoms with van der Waals surface area (Å²) in [6, 6.07) is 1.75. The third-order valence-corrected chi connectivity index (χ3v) is 5.08. The molecule has 0 aliphatic carbocycles. The molecule has 0 unspecified atom stereocenters. The van der Waals surface area contributed by atoms with Crippen molar-refractivity contribution in [2.75, 3.05) is 17.9 Å². The van der Waals surface area contributed by atoms with Gasteiger partial charge in [0.15, 0.2) is 5.82 Å².